The summed E-state index contributed by atoms with van der Waals surface area (Å²) < 4.78 is 1.06. The number of rotatable bonds is 5. The first-order valence-electron chi connectivity index (χ1n) is 7.53. The van der Waals surface area contributed by atoms with E-state index in [4.69, 9.17) is 0 Å². The van der Waals surface area contributed by atoms with Gasteiger partial charge in [0.15, 0.2) is 0 Å². The first-order chi connectivity index (χ1) is 10.0. The second kappa shape index (κ2) is 7.27. The van der Waals surface area contributed by atoms with E-state index in [-0.39, 0.29) is 11.9 Å². The molecule has 1 aromatic carbocycles. The van der Waals surface area contributed by atoms with Crippen molar-refractivity contribution < 1.29 is 4.79 Å². The SMILES string of the molecule is CNC(=O)C1CCCN1c1ccc(CNC(C)C)cc1Br. The zero-order valence-corrected chi connectivity index (χ0v) is 14.5. The Kier molecular flexibility index (Phi) is 5.65. The zero-order valence-electron chi connectivity index (χ0n) is 12.9. The Balaban J connectivity index is 2.14. The molecule has 21 heavy (non-hydrogen) atoms. The van der Waals surface area contributed by atoms with Crippen molar-refractivity contribution in [2.75, 3.05) is 18.5 Å². The molecule has 0 saturated carbocycles. The standard InChI is InChI=1S/C16H24BrN3O/c1-11(2)19-10-12-6-7-14(13(17)9-12)20-8-4-5-15(20)16(21)18-3/h6-7,9,11,15,19H,4-5,8,10H2,1-3H3,(H,18,21). The molecule has 1 saturated heterocycles. The molecule has 0 radical (unpaired) electrons. The van der Waals surface area contributed by atoms with Crippen molar-refractivity contribution in [1.82, 2.24) is 10.6 Å². The number of hydrogen-bond donors (Lipinski definition) is 2. The van der Waals surface area contributed by atoms with Gasteiger partial charge in [0.25, 0.3) is 0 Å². The van der Waals surface area contributed by atoms with E-state index in [1.54, 1.807) is 7.05 Å². The molecule has 2 rings (SSSR count). The summed E-state index contributed by atoms with van der Waals surface area (Å²) in [7, 11) is 1.70. The van der Waals surface area contributed by atoms with E-state index in [2.05, 4.69) is 63.5 Å². The predicted octanol–water partition coefficient (Wildman–Crippen LogP) is 2.66. The van der Waals surface area contributed by atoms with E-state index in [9.17, 15) is 4.79 Å². The maximum atomic E-state index is 12.0. The topological polar surface area (TPSA) is 44.4 Å². The van der Waals surface area contributed by atoms with Crippen LogP contribution in [0.1, 0.15) is 32.3 Å². The molecule has 1 fully saturated rings. The third kappa shape index (κ3) is 3.98. The number of nitrogens with zero attached hydrogens (tertiary/aromatic N) is 1. The molecule has 0 aliphatic carbocycles. The summed E-state index contributed by atoms with van der Waals surface area (Å²) in [4.78, 5) is 14.2. The lowest BCUT2D eigenvalue weighted by molar-refractivity contribution is -0.121. The molecule has 1 aromatic rings. The van der Waals surface area contributed by atoms with Gasteiger partial charge >= 0.3 is 0 Å². The van der Waals surface area contributed by atoms with Crippen LogP contribution in [0.4, 0.5) is 5.69 Å². The van der Waals surface area contributed by atoms with Crippen molar-refractivity contribution in [2.45, 2.75) is 45.3 Å². The molecular weight excluding hydrogens is 330 g/mol. The zero-order chi connectivity index (χ0) is 15.4. The van der Waals surface area contributed by atoms with Crippen LogP contribution in [0.3, 0.4) is 0 Å². The molecule has 116 valence electrons. The Hall–Kier alpha value is -1.07. The van der Waals surface area contributed by atoms with Gasteiger partial charge < -0.3 is 15.5 Å². The van der Waals surface area contributed by atoms with Crippen LogP contribution in [0.2, 0.25) is 0 Å². The number of anilines is 1. The summed E-state index contributed by atoms with van der Waals surface area (Å²) in [5.74, 6) is 0.102. The highest BCUT2D eigenvalue weighted by Gasteiger charge is 2.31. The third-order valence-corrected chi connectivity index (χ3v) is 4.47. The molecule has 1 aliphatic rings. The van der Waals surface area contributed by atoms with Crippen molar-refractivity contribution in [3.63, 3.8) is 0 Å². The van der Waals surface area contributed by atoms with Crippen LogP contribution < -0.4 is 15.5 Å². The molecule has 1 aliphatic heterocycles. The third-order valence-electron chi connectivity index (χ3n) is 3.84. The monoisotopic (exact) mass is 353 g/mol. The normalized spacial score (nSPS) is 18.3. The number of halogens is 1. The van der Waals surface area contributed by atoms with Crippen molar-refractivity contribution in [3.8, 4) is 0 Å². The highest BCUT2D eigenvalue weighted by atomic mass is 79.9. The minimum absolute atomic E-state index is 0.0501. The van der Waals surface area contributed by atoms with E-state index in [0.717, 1.165) is 36.1 Å². The number of carbonyl (C=O) groups is 1. The molecule has 1 unspecified atom stereocenters. The van der Waals surface area contributed by atoms with Crippen LogP contribution in [0, 0.1) is 0 Å². The maximum Gasteiger partial charge on any atom is 0.242 e. The fraction of sp³-hybridized carbons (Fsp3) is 0.562. The van der Waals surface area contributed by atoms with Crippen LogP contribution in [0.15, 0.2) is 22.7 Å². The van der Waals surface area contributed by atoms with Crippen LogP contribution in [0.25, 0.3) is 0 Å². The van der Waals surface area contributed by atoms with Crippen LogP contribution in [0.5, 0.6) is 0 Å². The Morgan fingerprint density at radius 3 is 2.86 bits per heavy atom. The number of likely N-dealkylation sites (N-methyl/N-ethyl adjacent to an activating group) is 1. The minimum Gasteiger partial charge on any atom is -0.359 e. The number of amides is 1. The molecule has 1 heterocycles. The van der Waals surface area contributed by atoms with Gasteiger partial charge in [0.2, 0.25) is 5.91 Å². The quantitative estimate of drug-likeness (QED) is 0.855. The van der Waals surface area contributed by atoms with Gasteiger partial charge in [-0.25, -0.2) is 0 Å². The summed E-state index contributed by atoms with van der Waals surface area (Å²) >= 11 is 3.66. The number of carbonyl (C=O) groups excluding carboxylic acids is 1. The highest BCUT2D eigenvalue weighted by Crippen LogP contribution is 2.33. The molecule has 4 nitrogen and oxygen atoms in total. The second-order valence-corrected chi connectivity index (χ2v) is 6.64. The van der Waals surface area contributed by atoms with Gasteiger partial charge in [0, 0.05) is 30.7 Å². The molecule has 0 bridgehead atoms. The number of nitrogens with one attached hydrogen (secondary N) is 2. The van der Waals surface area contributed by atoms with Crippen molar-refractivity contribution in [2.24, 2.45) is 0 Å². The molecular formula is C16H24BrN3O. The smallest absolute Gasteiger partial charge is 0.242 e. The molecule has 2 N–H and O–H groups in total. The second-order valence-electron chi connectivity index (χ2n) is 5.79. The van der Waals surface area contributed by atoms with Crippen molar-refractivity contribution in [1.29, 1.82) is 0 Å². The van der Waals surface area contributed by atoms with Gasteiger partial charge in [-0.3, -0.25) is 4.79 Å². The van der Waals surface area contributed by atoms with Gasteiger partial charge in [0.05, 0.1) is 5.69 Å². The van der Waals surface area contributed by atoms with Gasteiger partial charge in [-0.05, 0) is 46.5 Å². The van der Waals surface area contributed by atoms with Gasteiger partial charge in [-0.2, -0.15) is 0 Å². The largest absolute Gasteiger partial charge is 0.359 e. The highest BCUT2D eigenvalue weighted by molar-refractivity contribution is 9.10. The number of benzene rings is 1. The lowest BCUT2D eigenvalue weighted by Gasteiger charge is -2.27. The molecule has 1 atom stereocenters. The summed E-state index contributed by atoms with van der Waals surface area (Å²) in [5, 5.41) is 6.18. The first kappa shape index (κ1) is 16.3. The van der Waals surface area contributed by atoms with Gasteiger partial charge in [-0.15, -0.1) is 0 Å². The summed E-state index contributed by atoms with van der Waals surface area (Å²) in [6.07, 6.45) is 1.98. The van der Waals surface area contributed by atoms with Crippen LogP contribution >= 0.6 is 15.9 Å². The fourth-order valence-corrected chi connectivity index (χ4v) is 3.36. The summed E-state index contributed by atoms with van der Waals surface area (Å²) in [5.41, 5.74) is 2.35. The van der Waals surface area contributed by atoms with Crippen molar-refractivity contribution >= 4 is 27.5 Å². The van der Waals surface area contributed by atoms with Crippen LogP contribution in [-0.2, 0) is 11.3 Å². The summed E-state index contributed by atoms with van der Waals surface area (Å²) in [6, 6.07) is 6.81. The van der Waals surface area contributed by atoms with E-state index in [0.29, 0.717) is 6.04 Å². The Morgan fingerprint density at radius 1 is 1.48 bits per heavy atom. The molecule has 0 aromatic heterocycles. The summed E-state index contributed by atoms with van der Waals surface area (Å²) in [6.45, 7) is 6.07. The van der Waals surface area contributed by atoms with Gasteiger partial charge in [-0.1, -0.05) is 19.9 Å². The fourth-order valence-electron chi connectivity index (χ4n) is 2.71. The van der Waals surface area contributed by atoms with E-state index >= 15 is 0 Å². The average Bonchev–Trinajstić information content (AvgIpc) is 2.93. The first-order valence-corrected chi connectivity index (χ1v) is 8.32. The minimum atomic E-state index is -0.0501. The molecule has 5 heteroatoms. The Bertz CT molecular complexity index is 504. The lowest BCUT2D eigenvalue weighted by Crippen LogP contribution is -2.42. The molecule has 1 amide bonds. The maximum absolute atomic E-state index is 12.0. The Morgan fingerprint density at radius 2 is 2.24 bits per heavy atom. The number of hydrogen-bond acceptors (Lipinski definition) is 3. The van der Waals surface area contributed by atoms with E-state index < -0.39 is 0 Å². The van der Waals surface area contributed by atoms with Crippen molar-refractivity contribution in [3.05, 3.63) is 28.2 Å². The average molecular weight is 354 g/mol. The van der Waals surface area contributed by atoms with Gasteiger partial charge in [0.1, 0.15) is 6.04 Å². The predicted molar refractivity (Wildman–Crippen MR) is 90.6 cm³/mol. The van der Waals surface area contributed by atoms with Crippen LogP contribution in [-0.4, -0.2) is 31.6 Å². The van der Waals surface area contributed by atoms with E-state index in [1.807, 2.05) is 0 Å². The molecule has 0 spiro atoms. The van der Waals surface area contributed by atoms with E-state index in [1.165, 1.54) is 5.56 Å². The Labute approximate surface area is 135 Å². The lowest BCUT2D eigenvalue weighted by atomic mass is 10.1.